The molecule has 2 aromatic heterocycles. The highest BCUT2D eigenvalue weighted by atomic mass is 79.9. The summed E-state index contributed by atoms with van der Waals surface area (Å²) in [4.78, 5) is 3.98. The van der Waals surface area contributed by atoms with Crippen LogP contribution in [0, 0.1) is 0 Å². The van der Waals surface area contributed by atoms with Crippen LogP contribution in [0.2, 0.25) is 5.02 Å². The van der Waals surface area contributed by atoms with Gasteiger partial charge in [0.15, 0.2) is 0 Å². The maximum atomic E-state index is 5.87. The molecule has 0 aromatic carbocycles. The zero-order valence-corrected chi connectivity index (χ0v) is 7.69. The van der Waals surface area contributed by atoms with Crippen LogP contribution in [0.25, 0.3) is 11.1 Å². The number of rotatable bonds is 0. The molecule has 0 saturated carbocycles. The molecule has 0 fully saturated rings. The van der Waals surface area contributed by atoms with Crippen molar-refractivity contribution in [2.75, 3.05) is 0 Å². The number of hydrogen-bond acceptors (Lipinski definition) is 2. The lowest BCUT2D eigenvalue weighted by molar-refractivity contribution is 0.601. The van der Waals surface area contributed by atoms with E-state index in [-0.39, 0.29) is 0 Å². The topological polar surface area (TPSA) is 26.0 Å². The first-order valence-electron chi connectivity index (χ1n) is 2.96. The van der Waals surface area contributed by atoms with E-state index in [1.807, 2.05) is 0 Å². The molecule has 0 aliphatic heterocycles. The fourth-order valence-electron chi connectivity index (χ4n) is 0.893. The maximum Gasteiger partial charge on any atom is 0.228 e. The molecular weight excluding hydrogens is 229 g/mol. The van der Waals surface area contributed by atoms with Crippen molar-refractivity contribution in [2.24, 2.45) is 0 Å². The summed E-state index contributed by atoms with van der Waals surface area (Å²) in [5, 5.41) is 1.48. The zero-order valence-electron chi connectivity index (χ0n) is 5.34. The summed E-state index contributed by atoms with van der Waals surface area (Å²) in [5.74, 6) is 0. The summed E-state index contributed by atoms with van der Waals surface area (Å²) in [5.41, 5.74) is 0.560. The van der Waals surface area contributed by atoms with Gasteiger partial charge >= 0.3 is 0 Å². The molecule has 0 radical (unpaired) electrons. The summed E-state index contributed by atoms with van der Waals surface area (Å²) in [6.07, 6.45) is 3.18. The lowest BCUT2D eigenvalue weighted by Crippen LogP contribution is -1.72. The lowest BCUT2D eigenvalue weighted by Gasteiger charge is -1.89. The van der Waals surface area contributed by atoms with Gasteiger partial charge in [0.05, 0.1) is 14.9 Å². The first-order chi connectivity index (χ1) is 5.29. The van der Waals surface area contributed by atoms with Crippen LogP contribution in [0.4, 0.5) is 0 Å². The molecule has 2 rings (SSSR count). The molecule has 0 atom stereocenters. The van der Waals surface area contributed by atoms with Crippen LogP contribution >= 0.6 is 27.5 Å². The van der Waals surface area contributed by atoms with Crippen LogP contribution in [0.15, 0.2) is 27.4 Å². The molecular formula is C7H3BrClNO. The van der Waals surface area contributed by atoms with Crippen molar-refractivity contribution in [2.45, 2.75) is 0 Å². The highest BCUT2D eigenvalue weighted by molar-refractivity contribution is 9.10. The number of nitrogens with zero attached hydrogens (tertiary/aromatic N) is 1. The Morgan fingerprint density at radius 2 is 2.36 bits per heavy atom. The van der Waals surface area contributed by atoms with Gasteiger partial charge in [0.2, 0.25) is 5.71 Å². The summed E-state index contributed by atoms with van der Waals surface area (Å²) in [6, 6.07) is 1.73. The van der Waals surface area contributed by atoms with Gasteiger partial charge in [-0.1, -0.05) is 11.6 Å². The van der Waals surface area contributed by atoms with Crippen LogP contribution in [-0.4, -0.2) is 4.98 Å². The Balaban J connectivity index is 2.96. The molecule has 2 heterocycles. The predicted molar refractivity (Wildman–Crippen MR) is 46.7 cm³/mol. The van der Waals surface area contributed by atoms with Crippen LogP contribution in [-0.2, 0) is 0 Å². The number of pyridine rings is 1. The van der Waals surface area contributed by atoms with Gasteiger partial charge in [-0.05, 0) is 22.0 Å². The summed E-state index contributed by atoms with van der Waals surface area (Å²) < 4.78 is 5.93. The minimum absolute atomic E-state index is 0.560. The predicted octanol–water partition coefficient (Wildman–Crippen LogP) is 3.24. The Labute approximate surface area is 76.3 Å². The van der Waals surface area contributed by atoms with E-state index in [2.05, 4.69) is 20.9 Å². The standard InChI is InChI=1S/C7H3BrClNO/c8-4-3-11-7-6(4)5(9)1-2-10-7/h1-3H. The normalized spacial score (nSPS) is 10.7. The van der Waals surface area contributed by atoms with E-state index in [1.165, 1.54) is 0 Å². The van der Waals surface area contributed by atoms with Crippen LogP contribution in [0.3, 0.4) is 0 Å². The van der Waals surface area contributed by atoms with Crippen LogP contribution in [0.5, 0.6) is 0 Å². The Morgan fingerprint density at radius 1 is 1.55 bits per heavy atom. The quantitative estimate of drug-likeness (QED) is 0.697. The molecule has 0 unspecified atom stereocenters. The van der Waals surface area contributed by atoms with Crippen molar-refractivity contribution in [1.29, 1.82) is 0 Å². The Kier molecular flexibility index (Phi) is 1.62. The fourth-order valence-corrected chi connectivity index (χ4v) is 1.72. The van der Waals surface area contributed by atoms with Gasteiger partial charge in [0.25, 0.3) is 0 Å². The van der Waals surface area contributed by atoms with Gasteiger partial charge in [-0.25, -0.2) is 4.98 Å². The molecule has 2 aromatic rings. The molecule has 2 nitrogen and oxygen atoms in total. The minimum atomic E-state index is 0.560. The van der Waals surface area contributed by atoms with E-state index >= 15 is 0 Å². The Bertz CT molecular complexity index is 398. The smallest absolute Gasteiger partial charge is 0.228 e. The van der Waals surface area contributed by atoms with E-state index in [1.54, 1.807) is 18.5 Å². The number of fused-ring (bicyclic) bond motifs is 1. The Hall–Kier alpha value is -0.540. The molecule has 0 bridgehead atoms. The molecule has 0 aliphatic carbocycles. The van der Waals surface area contributed by atoms with Crippen molar-refractivity contribution in [3.8, 4) is 0 Å². The second kappa shape index (κ2) is 2.50. The van der Waals surface area contributed by atoms with Gasteiger partial charge in [0, 0.05) is 6.20 Å². The van der Waals surface area contributed by atoms with Crippen molar-refractivity contribution in [3.63, 3.8) is 0 Å². The second-order valence-corrected chi connectivity index (χ2v) is 3.32. The molecule has 11 heavy (non-hydrogen) atoms. The molecule has 0 aliphatic rings. The molecule has 0 saturated heterocycles. The lowest BCUT2D eigenvalue weighted by atomic mass is 10.3. The van der Waals surface area contributed by atoms with Gasteiger partial charge in [-0.3, -0.25) is 0 Å². The third kappa shape index (κ3) is 1.04. The van der Waals surface area contributed by atoms with Gasteiger partial charge < -0.3 is 4.42 Å². The SMILES string of the molecule is Clc1ccnc2occ(Br)c12. The third-order valence-corrected chi connectivity index (χ3v) is 2.28. The first kappa shape index (κ1) is 7.13. The number of furan rings is 1. The van der Waals surface area contributed by atoms with Crippen LogP contribution < -0.4 is 0 Å². The first-order valence-corrected chi connectivity index (χ1v) is 4.13. The minimum Gasteiger partial charge on any atom is -0.445 e. The van der Waals surface area contributed by atoms with Crippen molar-refractivity contribution in [3.05, 3.63) is 28.0 Å². The molecule has 56 valence electrons. The molecule has 4 heteroatoms. The van der Waals surface area contributed by atoms with E-state index in [0.29, 0.717) is 10.7 Å². The van der Waals surface area contributed by atoms with Gasteiger partial charge in [0.1, 0.15) is 6.26 Å². The average molecular weight is 232 g/mol. The summed E-state index contributed by atoms with van der Waals surface area (Å²) in [6.45, 7) is 0. The molecule has 0 spiro atoms. The van der Waals surface area contributed by atoms with Crippen molar-refractivity contribution >= 4 is 38.6 Å². The summed E-state index contributed by atoms with van der Waals surface area (Å²) >= 11 is 9.17. The summed E-state index contributed by atoms with van der Waals surface area (Å²) in [7, 11) is 0. The monoisotopic (exact) mass is 231 g/mol. The van der Waals surface area contributed by atoms with Crippen molar-refractivity contribution < 1.29 is 4.42 Å². The second-order valence-electron chi connectivity index (χ2n) is 2.06. The third-order valence-electron chi connectivity index (χ3n) is 1.38. The van der Waals surface area contributed by atoms with E-state index in [4.69, 9.17) is 16.0 Å². The Morgan fingerprint density at radius 3 is 3.09 bits per heavy atom. The molecule has 0 amide bonds. The number of hydrogen-bond donors (Lipinski definition) is 0. The van der Waals surface area contributed by atoms with E-state index in [0.717, 1.165) is 9.86 Å². The van der Waals surface area contributed by atoms with E-state index in [9.17, 15) is 0 Å². The van der Waals surface area contributed by atoms with E-state index < -0.39 is 0 Å². The highest BCUT2D eigenvalue weighted by Gasteiger charge is 2.06. The number of aromatic nitrogens is 1. The largest absolute Gasteiger partial charge is 0.445 e. The van der Waals surface area contributed by atoms with Gasteiger partial charge in [-0.2, -0.15) is 0 Å². The highest BCUT2D eigenvalue weighted by Crippen LogP contribution is 2.30. The zero-order chi connectivity index (χ0) is 7.84. The van der Waals surface area contributed by atoms with Crippen molar-refractivity contribution in [1.82, 2.24) is 4.98 Å². The van der Waals surface area contributed by atoms with Crippen LogP contribution in [0.1, 0.15) is 0 Å². The van der Waals surface area contributed by atoms with Gasteiger partial charge in [-0.15, -0.1) is 0 Å². The fraction of sp³-hybridized carbons (Fsp3) is 0. The number of halogens is 2. The molecule has 0 N–H and O–H groups in total. The maximum absolute atomic E-state index is 5.87. The average Bonchev–Trinajstić information content (AvgIpc) is 2.34.